The minimum atomic E-state index is -0.432. The van der Waals surface area contributed by atoms with Crippen LogP contribution in [-0.4, -0.2) is 72.9 Å². The highest BCUT2D eigenvalue weighted by Gasteiger charge is 2.32. The summed E-state index contributed by atoms with van der Waals surface area (Å²) in [6.07, 6.45) is 0.0781. The molecule has 0 radical (unpaired) electrons. The molecule has 0 spiro atoms. The molecule has 148 valence electrons. The maximum absolute atomic E-state index is 12.7. The van der Waals surface area contributed by atoms with Crippen LogP contribution in [0.2, 0.25) is 0 Å². The Hall–Kier alpha value is -2.81. The lowest BCUT2D eigenvalue weighted by molar-refractivity contribution is -0.160. The van der Waals surface area contributed by atoms with Crippen LogP contribution in [0.4, 0.5) is 0 Å². The van der Waals surface area contributed by atoms with Crippen molar-refractivity contribution in [3.63, 3.8) is 0 Å². The predicted octanol–water partition coefficient (Wildman–Crippen LogP) is 1.71. The quantitative estimate of drug-likeness (QED) is 0.305. The monoisotopic (exact) mass is 386 g/mol. The van der Waals surface area contributed by atoms with E-state index in [1.165, 1.54) is 11.9 Å². The van der Waals surface area contributed by atoms with Crippen molar-refractivity contribution in [3.05, 3.63) is 47.5 Å². The van der Waals surface area contributed by atoms with Crippen molar-refractivity contribution in [3.8, 4) is 0 Å². The topological polar surface area (TPSA) is 96.4 Å². The highest BCUT2D eigenvalue weighted by Crippen LogP contribution is 2.29. The van der Waals surface area contributed by atoms with Crippen molar-refractivity contribution in [1.29, 1.82) is 0 Å². The number of nitrogens with zero attached hydrogens (tertiary/aromatic N) is 2. The Balaban J connectivity index is 1.47. The second-order valence-electron chi connectivity index (χ2n) is 6.36. The van der Waals surface area contributed by atoms with E-state index in [9.17, 15) is 14.4 Å². The molecule has 1 heterocycles. The molecular formula is C20H22N2O6. The Labute approximate surface area is 162 Å². The van der Waals surface area contributed by atoms with Gasteiger partial charge in [-0.3, -0.25) is 24.5 Å². The van der Waals surface area contributed by atoms with E-state index < -0.39 is 5.91 Å². The maximum Gasteiger partial charge on any atom is 0.261 e. The Bertz CT molecular complexity index is 845. The van der Waals surface area contributed by atoms with Crippen LogP contribution in [0.3, 0.4) is 0 Å². The Morgan fingerprint density at radius 3 is 2.11 bits per heavy atom. The van der Waals surface area contributed by atoms with Crippen molar-refractivity contribution >= 4 is 28.5 Å². The fourth-order valence-electron chi connectivity index (χ4n) is 3.08. The second-order valence-corrected chi connectivity index (χ2v) is 6.36. The van der Waals surface area contributed by atoms with Crippen LogP contribution in [0, 0.1) is 0 Å². The van der Waals surface area contributed by atoms with Gasteiger partial charge in [-0.25, -0.2) is 5.06 Å². The largest absolute Gasteiger partial charge is 0.379 e. The molecule has 0 bridgehead atoms. The number of benzene rings is 2. The van der Waals surface area contributed by atoms with Crippen molar-refractivity contribution < 1.29 is 29.1 Å². The fourth-order valence-corrected chi connectivity index (χ4v) is 3.08. The molecule has 8 heteroatoms. The van der Waals surface area contributed by atoms with Gasteiger partial charge in [0.25, 0.3) is 11.8 Å². The first-order valence-electron chi connectivity index (χ1n) is 8.99. The van der Waals surface area contributed by atoms with Gasteiger partial charge in [0.1, 0.15) is 0 Å². The number of carbonyl (C=O) groups is 3. The first kappa shape index (κ1) is 19.9. The second kappa shape index (κ2) is 8.92. The summed E-state index contributed by atoms with van der Waals surface area (Å²) in [6, 6.07) is 10.8. The number of amides is 3. The van der Waals surface area contributed by atoms with Crippen LogP contribution < -0.4 is 0 Å². The number of rotatable bonds is 9. The van der Waals surface area contributed by atoms with Crippen molar-refractivity contribution in [1.82, 2.24) is 9.96 Å². The van der Waals surface area contributed by atoms with Gasteiger partial charge < -0.3 is 9.47 Å². The van der Waals surface area contributed by atoms with Crippen LogP contribution in [-0.2, 0) is 14.3 Å². The lowest BCUT2D eigenvalue weighted by Gasteiger charge is -2.27. The standard InChI is InChI=1S/C20H22N2O6/c1-21(26)17(23)8-10-27-12-13-28-11-9-22-19(24)15-6-2-4-14-5-3-7-16(18(14)15)20(22)25/h2-7,26H,8-13H2,1H3. The van der Waals surface area contributed by atoms with E-state index in [1.54, 1.807) is 24.3 Å². The number of ether oxygens (including phenoxy) is 2. The molecule has 1 N–H and O–H groups in total. The molecule has 0 unspecified atom stereocenters. The third-order valence-corrected chi connectivity index (χ3v) is 4.51. The molecule has 0 atom stereocenters. The Morgan fingerprint density at radius 2 is 1.54 bits per heavy atom. The molecule has 1 aliphatic heterocycles. The van der Waals surface area contributed by atoms with Crippen LogP contribution in [0.25, 0.3) is 10.8 Å². The number of hydrogen-bond donors (Lipinski definition) is 1. The first-order chi connectivity index (χ1) is 13.5. The number of imide groups is 1. The van der Waals surface area contributed by atoms with E-state index in [0.29, 0.717) is 21.6 Å². The van der Waals surface area contributed by atoms with Gasteiger partial charge in [-0.1, -0.05) is 24.3 Å². The lowest BCUT2D eigenvalue weighted by Crippen LogP contribution is -2.42. The molecule has 0 fully saturated rings. The maximum atomic E-state index is 12.7. The average molecular weight is 386 g/mol. The summed E-state index contributed by atoms with van der Waals surface area (Å²) >= 11 is 0. The normalized spacial score (nSPS) is 13.3. The third kappa shape index (κ3) is 4.19. The van der Waals surface area contributed by atoms with Crippen molar-refractivity contribution in [2.75, 3.05) is 40.0 Å². The molecule has 0 saturated carbocycles. The van der Waals surface area contributed by atoms with Gasteiger partial charge >= 0.3 is 0 Å². The first-order valence-corrected chi connectivity index (χ1v) is 8.99. The molecule has 3 amide bonds. The molecule has 0 aromatic heterocycles. The molecule has 28 heavy (non-hydrogen) atoms. The van der Waals surface area contributed by atoms with Gasteiger partial charge in [0.2, 0.25) is 5.91 Å². The van der Waals surface area contributed by atoms with E-state index in [0.717, 1.165) is 5.39 Å². The summed E-state index contributed by atoms with van der Waals surface area (Å²) in [5.41, 5.74) is 1.05. The van der Waals surface area contributed by atoms with E-state index in [1.807, 2.05) is 12.1 Å². The van der Waals surface area contributed by atoms with E-state index in [-0.39, 0.29) is 51.2 Å². The number of hydrogen-bond acceptors (Lipinski definition) is 6. The van der Waals surface area contributed by atoms with Crippen LogP contribution >= 0.6 is 0 Å². The minimum absolute atomic E-state index is 0.0781. The summed E-state index contributed by atoms with van der Waals surface area (Å²) in [6.45, 7) is 1.06. The summed E-state index contributed by atoms with van der Waals surface area (Å²) in [7, 11) is 1.26. The lowest BCUT2D eigenvalue weighted by atomic mass is 9.94. The third-order valence-electron chi connectivity index (χ3n) is 4.51. The van der Waals surface area contributed by atoms with Crippen molar-refractivity contribution in [2.45, 2.75) is 6.42 Å². The number of carbonyl (C=O) groups excluding carboxylic acids is 3. The van der Waals surface area contributed by atoms with Crippen molar-refractivity contribution in [2.24, 2.45) is 0 Å². The molecule has 2 aromatic rings. The van der Waals surface area contributed by atoms with Gasteiger partial charge in [-0.15, -0.1) is 0 Å². The fraction of sp³-hybridized carbons (Fsp3) is 0.350. The zero-order chi connectivity index (χ0) is 20.1. The highest BCUT2D eigenvalue weighted by molar-refractivity contribution is 6.25. The molecule has 2 aromatic carbocycles. The van der Waals surface area contributed by atoms with E-state index >= 15 is 0 Å². The number of hydroxylamine groups is 2. The molecule has 3 rings (SSSR count). The van der Waals surface area contributed by atoms with Crippen LogP contribution in [0.1, 0.15) is 27.1 Å². The van der Waals surface area contributed by atoms with Gasteiger partial charge in [0.15, 0.2) is 0 Å². The van der Waals surface area contributed by atoms with Gasteiger partial charge in [-0.2, -0.15) is 0 Å². The smallest absolute Gasteiger partial charge is 0.261 e. The van der Waals surface area contributed by atoms with Gasteiger partial charge in [0.05, 0.1) is 39.4 Å². The average Bonchev–Trinajstić information content (AvgIpc) is 2.69. The molecular weight excluding hydrogens is 364 g/mol. The zero-order valence-electron chi connectivity index (χ0n) is 15.6. The molecule has 0 saturated heterocycles. The molecule has 1 aliphatic rings. The SMILES string of the molecule is CN(O)C(=O)CCOCCOCCN1C(=O)c2cccc3cccc(c23)C1=O. The van der Waals surface area contributed by atoms with Gasteiger partial charge in [-0.05, 0) is 17.5 Å². The van der Waals surface area contributed by atoms with Crippen LogP contribution in [0.15, 0.2) is 36.4 Å². The summed E-state index contributed by atoms with van der Waals surface area (Å²) in [5, 5.41) is 11.0. The minimum Gasteiger partial charge on any atom is -0.379 e. The van der Waals surface area contributed by atoms with E-state index in [4.69, 9.17) is 14.7 Å². The predicted molar refractivity (Wildman–Crippen MR) is 100 cm³/mol. The van der Waals surface area contributed by atoms with Gasteiger partial charge in [0, 0.05) is 23.6 Å². The zero-order valence-corrected chi connectivity index (χ0v) is 15.6. The molecule has 0 aliphatic carbocycles. The summed E-state index contributed by atoms with van der Waals surface area (Å²) in [4.78, 5) is 37.8. The Morgan fingerprint density at radius 1 is 0.964 bits per heavy atom. The highest BCUT2D eigenvalue weighted by atomic mass is 16.5. The summed E-state index contributed by atoms with van der Waals surface area (Å²) in [5.74, 6) is -1.07. The van der Waals surface area contributed by atoms with Crippen LogP contribution in [0.5, 0.6) is 0 Å². The molecule has 8 nitrogen and oxygen atoms in total. The van der Waals surface area contributed by atoms with E-state index in [2.05, 4.69) is 0 Å². The Kier molecular flexibility index (Phi) is 6.35. The summed E-state index contributed by atoms with van der Waals surface area (Å²) < 4.78 is 10.7.